The van der Waals surface area contributed by atoms with Crippen molar-refractivity contribution in [1.82, 2.24) is 4.98 Å². The molecule has 1 aliphatic carbocycles. The van der Waals surface area contributed by atoms with E-state index in [-0.39, 0.29) is 5.84 Å². The lowest BCUT2D eigenvalue weighted by molar-refractivity contribution is 0.460. The molecular weight excluding hydrogens is 309 g/mol. The molecule has 1 aromatic heterocycles. The van der Waals surface area contributed by atoms with Gasteiger partial charge in [0.1, 0.15) is 16.6 Å². The predicted octanol–water partition coefficient (Wildman–Crippen LogP) is 3.95. The number of amidine groups is 1. The molecule has 0 saturated heterocycles. The third-order valence-electron chi connectivity index (χ3n) is 3.43. The molecule has 0 fully saturated rings. The summed E-state index contributed by atoms with van der Waals surface area (Å²) in [6.45, 7) is 0. The molecule has 3 rings (SSSR count). The molecule has 1 aliphatic rings. The number of aromatic nitrogens is 1. The lowest BCUT2D eigenvalue weighted by Gasteiger charge is -2.13. The molecule has 0 atom stereocenters. The predicted molar refractivity (Wildman–Crippen MR) is 83.8 cm³/mol. The first kappa shape index (κ1) is 14.2. The van der Waals surface area contributed by atoms with Crippen molar-refractivity contribution < 1.29 is 4.74 Å². The zero-order valence-electron chi connectivity index (χ0n) is 11.1. The van der Waals surface area contributed by atoms with Crippen molar-refractivity contribution in [2.75, 3.05) is 0 Å². The zero-order valence-corrected chi connectivity index (χ0v) is 12.6. The number of rotatable bonds is 3. The summed E-state index contributed by atoms with van der Waals surface area (Å²) >= 11 is 12.1. The third kappa shape index (κ3) is 2.69. The van der Waals surface area contributed by atoms with Crippen LogP contribution in [0, 0.1) is 5.41 Å². The Kier molecular flexibility index (Phi) is 3.74. The monoisotopic (exact) mass is 321 g/mol. The van der Waals surface area contributed by atoms with Gasteiger partial charge in [0.2, 0.25) is 5.88 Å². The molecule has 21 heavy (non-hydrogen) atoms. The fraction of sp³-hybridized carbons (Fsp3) is 0.200. The number of nitrogens with zero attached hydrogens (tertiary/aromatic N) is 1. The Balaban J connectivity index is 2.05. The molecule has 0 saturated carbocycles. The van der Waals surface area contributed by atoms with Crippen molar-refractivity contribution in [3.05, 3.63) is 51.1 Å². The first-order valence-electron chi connectivity index (χ1n) is 6.55. The number of hydrogen-bond acceptors (Lipinski definition) is 3. The van der Waals surface area contributed by atoms with Crippen LogP contribution >= 0.6 is 23.2 Å². The van der Waals surface area contributed by atoms with Crippen LogP contribution in [0.1, 0.15) is 23.2 Å². The normalized spacial score (nSPS) is 13.0. The van der Waals surface area contributed by atoms with Gasteiger partial charge in [-0.15, -0.1) is 0 Å². The molecule has 0 amide bonds. The number of hydrogen-bond donors (Lipinski definition) is 2. The number of nitrogens with two attached hydrogens (primary N) is 1. The SMILES string of the molecule is N=C(N)c1cc2c(nc1Oc1cccc(Cl)c1Cl)CCC2. The van der Waals surface area contributed by atoms with Crippen molar-refractivity contribution >= 4 is 29.0 Å². The standard InChI is InChI=1S/C15H13Cl2N3O/c16-10-4-2-6-12(13(10)17)21-15-9(14(18)19)7-8-3-1-5-11(8)20-15/h2,4,6-7H,1,3,5H2,(H3,18,19). The van der Waals surface area contributed by atoms with Crippen molar-refractivity contribution in [3.63, 3.8) is 0 Å². The van der Waals surface area contributed by atoms with Gasteiger partial charge in [-0.3, -0.25) is 5.41 Å². The Morgan fingerprint density at radius 3 is 2.86 bits per heavy atom. The van der Waals surface area contributed by atoms with Crippen LogP contribution in [0.4, 0.5) is 0 Å². The van der Waals surface area contributed by atoms with E-state index in [1.54, 1.807) is 18.2 Å². The summed E-state index contributed by atoms with van der Waals surface area (Å²) in [7, 11) is 0. The summed E-state index contributed by atoms with van der Waals surface area (Å²) in [6.07, 6.45) is 2.93. The Hall–Kier alpha value is -1.78. The third-order valence-corrected chi connectivity index (χ3v) is 4.23. The van der Waals surface area contributed by atoms with E-state index in [1.807, 2.05) is 6.07 Å². The lowest BCUT2D eigenvalue weighted by atomic mass is 10.1. The molecular formula is C15H13Cl2N3O. The van der Waals surface area contributed by atoms with Crippen LogP contribution in [0.5, 0.6) is 11.6 Å². The topological polar surface area (TPSA) is 72.0 Å². The van der Waals surface area contributed by atoms with Gasteiger partial charge in [0, 0.05) is 5.69 Å². The van der Waals surface area contributed by atoms with Gasteiger partial charge in [-0.05, 0) is 43.0 Å². The second-order valence-electron chi connectivity index (χ2n) is 4.87. The molecule has 0 bridgehead atoms. The van der Waals surface area contributed by atoms with Gasteiger partial charge in [0.05, 0.1) is 10.6 Å². The molecule has 0 radical (unpaired) electrons. The number of ether oxygens (including phenoxy) is 1. The Labute approximate surface area is 132 Å². The van der Waals surface area contributed by atoms with Crippen LogP contribution in [0.25, 0.3) is 0 Å². The van der Waals surface area contributed by atoms with Crippen molar-refractivity contribution in [2.24, 2.45) is 5.73 Å². The van der Waals surface area contributed by atoms with Crippen LogP contribution in [0.15, 0.2) is 24.3 Å². The van der Waals surface area contributed by atoms with Crippen molar-refractivity contribution in [1.29, 1.82) is 5.41 Å². The number of aryl methyl sites for hydroxylation is 2. The minimum Gasteiger partial charge on any atom is -0.437 e. The van der Waals surface area contributed by atoms with Crippen molar-refractivity contribution in [3.8, 4) is 11.6 Å². The highest BCUT2D eigenvalue weighted by molar-refractivity contribution is 6.42. The summed E-state index contributed by atoms with van der Waals surface area (Å²) < 4.78 is 5.76. The Bertz CT molecular complexity index is 731. The smallest absolute Gasteiger partial charge is 0.230 e. The molecule has 0 unspecified atom stereocenters. The van der Waals surface area contributed by atoms with Crippen LogP contribution < -0.4 is 10.5 Å². The number of benzene rings is 1. The highest BCUT2D eigenvalue weighted by atomic mass is 35.5. The van der Waals surface area contributed by atoms with Crippen molar-refractivity contribution in [2.45, 2.75) is 19.3 Å². The van der Waals surface area contributed by atoms with E-state index >= 15 is 0 Å². The number of halogens is 2. The van der Waals surface area contributed by atoms with Gasteiger partial charge in [0.15, 0.2) is 0 Å². The van der Waals surface area contributed by atoms with Crippen LogP contribution in [0.3, 0.4) is 0 Å². The molecule has 1 aromatic carbocycles. The highest BCUT2D eigenvalue weighted by Crippen LogP contribution is 2.36. The fourth-order valence-corrected chi connectivity index (χ4v) is 2.72. The molecule has 0 aliphatic heterocycles. The molecule has 6 heteroatoms. The number of nitrogens with one attached hydrogen (secondary N) is 1. The maximum Gasteiger partial charge on any atom is 0.230 e. The van der Waals surface area contributed by atoms with Gasteiger partial charge in [-0.1, -0.05) is 29.3 Å². The number of nitrogen functional groups attached to an aromatic ring is 1. The maximum absolute atomic E-state index is 7.70. The first-order valence-corrected chi connectivity index (χ1v) is 7.31. The van der Waals surface area contributed by atoms with E-state index in [9.17, 15) is 0 Å². The minimum atomic E-state index is -0.0784. The average molecular weight is 322 g/mol. The van der Waals surface area contributed by atoms with Gasteiger partial charge in [0.25, 0.3) is 0 Å². The summed E-state index contributed by atoms with van der Waals surface area (Å²) in [4.78, 5) is 4.50. The first-order chi connectivity index (χ1) is 10.1. The quantitative estimate of drug-likeness (QED) is 0.664. The highest BCUT2D eigenvalue weighted by Gasteiger charge is 2.20. The molecule has 2 aromatic rings. The molecule has 108 valence electrons. The Morgan fingerprint density at radius 2 is 2.10 bits per heavy atom. The molecule has 0 spiro atoms. The van der Waals surface area contributed by atoms with Gasteiger partial charge < -0.3 is 10.5 Å². The van der Waals surface area contributed by atoms with Gasteiger partial charge in [-0.2, -0.15) is 0 Å². The minimum absolute atomic E-state index is 0.0784. The Morgan fingerprint density at radius 1 is 1.29 bits per heavy atom. The number of pyridine rings is 1. The summed E-state index contributed by atoms with van der Waals surface area (Å²) in [5.41, 5.74) is 8.24. The maximum atomic E-state index is 7.70. The van der Waals surface area contributed by atoms with Crippen LogP contribution in [0.2, 0.25) is 10.0 Å². The largest absolute Gasteiger partial charge is 0.437 e. The zero-order chi connectivity index (χ0) is 15.0. The van der Waals surface area contributed by atoms with Crippen LogP contribution in [-0.2, 0) is 12.8 Å². The molecule has 1 heterocycles. The van der Waals surface area contributed by atoms with E-state index in [0.717, 1.165) is 30.5 Å². The summed E-state index contributed by atoms with van der Waals surface area (Å²) in [6, 6.07) is 7.00. The fourth-order valence-electron chi connectivity index (χ4n) is 2.39. The van der Waals surface area contributed by atoms with Gasteiger partial charge >= 0.3 is 0 Å². The van der Waals surface area contributed by atoms with E-state index < -0.39 is 0 Å². The number of fused-ring (bicyclic) bond motifs is 1. The average Bonchev–Trinajstić information content (AvgIpc) is 2.90. The second kappa shape index (κ2) is 5.54. The van der Waals surface area contributed by atoms with Gasteiger partial charge in [-0.25, -0.2) is 4.98 Å². The van der Waals surface area contributed by atoms with E-state index in [1.165, 1.54) is 0 Å². The molecule has 4 nitrogen and oxygen atoms in total. The molecule has 3 N–H and O–H groups in total. The second-order valence-corrected chi connectivity index (χ2v) is 5.65. The summed E-state index contributed by atoms with van der Waals surface area (Å²) in [5, 5.41) is 8.42. The van der Waals surface area contributed by atoms with E-state index in [4.69, 9.17) is 39.1 Å². The summed E-state index contributed by atoms with van der Waals surface area (Å²) in [5.74, 6) is 0.620. The van der Waals surface area contributed by atoms with Crippen LogP contribution in [-0.4, -0.2) is 10.8 Å². The van der Waals surface area contributed by atoms with E-state index in [0.29, 0.717) is 27.2 Å². The lowest BCUT2D eigenvalue weighted by Crippen LogP contribution is -2.14. The van der Waals surface area contributed by atoms with E-state index in [2.05, 4.69) is 4.98 Å².